The van der Waals surface area contributed by atoms with Gasteiger partial charge in [-0.3, -0.25) is 0 Å². The molecule has 0 spiro atoms. The Morgan fingerprint density at radius 3 is 2.88 bits per heavy atom. The summed E-state index contributed by atoms with van der Waals surface area (Å²) in [6.07, 6.45) is 5.28. The zero-order chi connectivity index (χ0) is 12.0. The van der Waals surface area contributed by atoms with Crippen molar-refractivity contribution in [2.75, 3.05) is 17.3 Å². The van der Waals surface area contributed by atoms with Gasteiger partial charge >= 0.3 is 0 Å². The van der Waals surface area contributed by atoms with E-state index < -0.39 is 0 Å². The lowest BCUT2D eigenvalue weighted by atomic mass is 9.86. The molecule has 3 rings (SSSR count). The molecule has 2 atom stereocenters. The Kier molecular flexibility index (Phi) is 2.70. The second-order valence-corrected chi connectivity index (χ2v) is 5.69. The van der Waals surface area contributed by atoms with Crippen LogP contribution in [0, 0.1) is 6.92 Å². The Morgan fingerprint density at radius 1 is 1.29 bits per heavy atom. The second-order valence-electron chi connectivity index (χ2n) is 5.28. The zero-order valence-electron chi connectivity index (χ0n) is 10.5. The van der Waals surface area contributed by atoms with E-state index in [1.165, 1.54) is 42.6 Å². The molecular formula is C14H19ClN2. The van der Waals surface area contributed by atoms with Crippen molar-refractivity contribution < 1.29 is 0 Å². The smallest absolute Gasteiger partial charge is 0.0647 e. The Labute approximate surface area is 108 Å². The second kappa shape index (κ2) is 4.09. The van der Waals surface area contributed by atoms with E-state index in [4.69, 9.17) is 11.6 Å². The summed E-state index contributed by atoms with van der Waals surface area (Å²) in [5, 5.41) is 4.56. The summed E-state index contributed by atoms with van der Waals surface area (Å²) in [6, 6.07) is 5.36. The fraction of sp³-hybridized carbons (Fsp3) is 0.571. The molecule has 0 amide bonds. The van der Waals surface area contributed by atoms with Crippen LogP contribution in [-0.2, 0) is 0 Å². The summed E-state index contributed by atoms with van der Waals surface area (Å²) in [4.78, 5) is 2.44. The number of halogens is 1. The molecule has 1 N–H and O–H groups in total. The predicted octanol–water partition coefficient (Wildman–Crippen LogP) is 3.82. The summed E-state index contributed by atoms with van der Waals surface area (Å²) in [5.74, 6) is 0. The minimum atomic E-state index is 0.613. The fourth-order valence-corrected chi connectivity index (χ4v) is 3.51. The summed E-state index contributed by atoms with van der Waals surface area (Å²) < 4.78 is 0. The van der Waals surface area contributed by atoms with Crippen LogP contribution < -0.4 is 10.2 Å². The number of nitrogens with one attached hydrogen (secondary N) is 1. The summed E-state index contributed by atoms with van der Waals surface area (Å²) in [7, 11) is 2.21. The maximum absolute atomic E-state index is 6.23. The van der Waals surface area contributed by atoms with Crippen molar-refractivity contribution in [1.29, 1.82) is 0 Å². The summed E-state index contributed by atoms with van der Waals surface area (Å²) in [5.41, 5.74) is 3.74. The van der Waals surface area contributed by atoms with Gasteiger partial charge in [0, 0.05) is 24.2 Å². The molecule has 1 heterocycles. The molecule has 92 valence electrons. The first-order valence-electron chi connectivity index (χ1n) is 6.47. The quantitative estimate of drug-likeness (QED) is 0.753. The van der Waals surface area contributed by atoms with Gasteiger partial charge in [0.2, 0.25) is 0 Å². The molecule has 1 aromatic rings. The molecule has 1 aromatic carbocycles. The SMILES string of the molecule is Cc1c(Cl)ccc2c1N(C)C1CCCCC1N2. The number of hydrogen-bond acceptors (Lipinski definition) is 2. The van der Waals surface area contributed by atoms with Crippen LogP contribution >= 0.6 is 11.6 Å². The Morgan fingerprint density at radius 2 is 2.06 bits per heavy atom. The van der Waals surface area contributed by atoms with Gasteiger partial charge in [-0.15, -0.1) is 0 Å². The molecule has 1 aliphatic carbocycles. The molecule has 0 saturated heterocycles. The number of benzene rings is 1. The third kappa shape index (κ3) is 1.70. The van der Waals surface area contributed by atoms with E-state index in [1.807, 2.05) is 6.07 Å². The van der Waals surface area contributed by atoms with Crippen LogP contribution in [0.1, 0.15) is 31.2 Å². The highest BCUT2D eigenvalue weighted by atomic mass is 35.5. The maximum Gasteiger partial charge on any atom is 0.0647 e. The Hall–Kier alpha value is -0.890. The third-order valence-electron chi connectivity index (χ3n) is 4.29. The first-order chi connectivity index (χ1) is 8.18. The van der Waals surface area contributed by atoms with Gasteiger partial charge < -0.3 is 10.2 Å². The first-order valence-corrected chi connectivity index (χ1v) is 6.85. The van der Waals surface area contributed by atoms with Crippen molar-refractivity contribution in [2.24, 2.45) is 0 Å². The third-order valence-corrected chi connectivity index (χ3v) is 4.69. The molecule has 0 aromatic heterocycles. The van der Waals surface area contributed by atoms with Crippen molar-refractivity contribution in [3.05, 3.63) is 22.7 Å². The summed E-state index contributed by atoms with van der Waals surface area (Å²) in [6.45, 7) is 2.11. The molecule has 1 fully saturated rings. The molecule has 1 saturated carbocycles. The zero-order valence-corrected chi connectivity index (χ0v) is 11.2. The van der Waals surface area contributed by atoms with Crippen LogP contribution in [-0.4, -0.2) is 19.1 Å². The minimum Gasteiger partial charge on any atom is -0.379 e. The van der Waals surface area contributed by atoms with Crippen LogP contribution in [0.15, 0.2) is 12.1 Å². The number of fused-ring (bicyclic) bond motifs is 2. The lowest BCUT2D eigenvalue weighted by Crippen LogP contribution is -2.51. The molecule has 2 unspecified atom stereocenters. The predicted molar refractivity (Wildman–Crippen MR) is 74.3 cm³/mol. The molecule has 17 heavy (non-hydrogen) atoms. The van der Waals surface area contributed by atoms with Gasteiger partial charge in [0.1, 0.15) is 0 Å². The van der Waals surface area contributed by atoms with Gasteiger partial charge in [-0.2, -0.15) is 0 Å². The van der Waals surface area contributed by atoms with Crippen LogP contribution in [0.2, 0.25) is 5.02 Å². The van der Waals surface area contributed by atoms with Crippen molar-refractivity contribution in [1.82, 2.24) is 0 Å². The van der Waals surface area contributed by atoms with Gasteiger partial charge in [-0.1, -0.05) is 24.4 Å². The molecule has 0 bridgehead atoms. The lowest BCUT2D eigenvalue weighted by Gasteiger charge is -2.46. The van der Waals surface area contributed by atoms with Gasteiger partial charge in [0.15, 0.2) is 0 Å². The molecule has 0 radical (unpaired) electrons. The van der Waals surface area contributed by atoms with Crippen molar-refractivity contribution in [3.8, 4) is 0 Å². The Bertz CT molecular complexity index is 444. The molecule has 2 nitrogen and oxygen atoms in total. The molecule has 3 heteroatoms. The Balaban J connectivity index is 2.06. The van der Waals surface area contributed by atoms with Crippen LogP contribution in [0.25, 0.3) is 0 Å². The fourth-order valence-electron chi connectivity index (χ4n) is 3.36. The molecule has 1 aliphatic heterocycles. The van der Waals surface area contributed by atoms with Crippen molar-refractivity contribution in [2.45, 2.75) is 44.7 Å². The number of hydrogen-bond donors (Lipinski definition) is 1. The average molecular weight is 251 g/mol. The number of rotatable bonds is 0. The summed E-state index contributed by atoms with van der Waals surface area (Å²) >= 11 is 6.23. The van der Waals surface area contributed by atoms with Gasteiger partial charge in [-0.05, 0) is 37.5 Å². The monoisotopic (exact) mass is 250 g/mol. The number of likely N-dealkylation sites (N-methyl/N-ethyl adjacent to an activating group) is 1. The van der Waals surface area contributed by atoms with E-state index >= 15 is 0 Å². The standard InChI is InChI=1S/C14H19ClN2/c1-9-10(15)7-8-12-14(9)17(2)13-6-4-3-5-11(13)16-12/h7-8,11,13,16H,3-6H2,1-2H3. The van der Waals surface area contributed by atoms with E-state index in [0.717, 1.165) is 5.02 Å². The van der Waals surface area contributed by atoms with E-state index in [2.05, 4.69) is 30.3 Å². The van der Waals surface area contributed by atoms with E-state index in [0.29, 0.717) is 12.1 Å². The van der Waals surface area contributed by atoms with Gasteiger partial charge in [-0.25, -0.2) is 0 Å². The highest BCUT2D eigenvalue weighted by Crippen LogP contribution is 2.42. The van der Waals surface area contributed by atoms with Crippen molar-refractivity contribution >= 4 is 23.0 Å². The topological polar surface area (TPSA) is 15.3 Å². The van der Waals surface area contributed by atoms with E-state index in [-0.39, 0.29) is 0 Å². The van der Waals surface area contributed by atoms with E-state index in [1.54, 1.807) is 0 Å². The van der Waals surface area contributed by atoms with E-state index in [9.17, 15) is 0 Å². The van der Waals surface area contributed by atoms with Gasteiger partial charge in [0.05, 0.1) is 11.4 Å². The lowest BCUT2D eigenvalue weighted by molar-refractivity contribution is 0.384. The highest BCUT2D eigenvalue weighted by Gasteiger charge is 2.34. The largest absolute Gasteiger partial charge is 0.379 e. The van der Waals surface area contributed by atoms with Crippen LogP contribution in [0.3, 0.4) is 0 Å². The van der Waals surface area contributed by atoms with Gasteiger partial charge in [0.25, 0.3) is 0 Å². The maximum atomic E-state index is 6.23. The van der Waals surface area contributed by atoms with Crippen LogP contribution in [0.4, 0.5) is 11.4 Å². The molecule has 2 aliphatic rings. The minimum absolute atomic E-state index is 0.613. The first kappa shape index (κ1) is 11.2. The average Bonchev–Trinajstić information content (AvgIpc) is 2.34. The number of nitrogens with zero attached hydrogens (tertiary/aromatic N) is 1. The molecular weight excluding hydrogens is 232 g/mol. The van der Waals surface area contributed by atoms with Crippen molar-refractivity contribution in [3.63, 3.8) is 0 Å². The van der Waals surface area contributed by atoms with Crippen LogP contribution in [0.5, 0.6) is 0 Å². The highest BCUT2D eigenvalue weighted by molar-refractivity contribution is 6.32. The normalized spacial score (nSPS) is 27.1. The number of anilines is 2.